The van der Waals surface area contributed by atoms with Gasteiger partial charge < -0.3 is 34.3 Å². The second-order valence-corrected chi connectivity index (χ2v) is 3.69. The van der Waals surface area contributed by atoms with Crippen LogP contribution in [0.25, 0.3) is 0 Å². The maximum atomic E-state index is 9.82. The van der Waals surface area contributed by atoms with Crippen molar-refractivity contribution in [2.24, 2.45) is 0 Å². The van der Waals surface area contributed by atoms with Crippen LogP contribution in [0.3, 0.4) is 0 Å². The van der Waals surface area contributed by atoms with Gasteiger partial charge in [-0.1, -0.05) is 0 Å². The largest absolute Gasteiger partial charge is 0.466 e. The Morgan fingerprint density at radius 1 is 0.667 bits per heavy atom. The van der Waals surface area contributed by atoms with Gasteiger partial charge in [-0.3, -0.25) is 4.79 Å². The lowest BCUT2D eigenvalue weighted by molar-refractivity contribution is -0.140. The highest BCUT2D eigenvalue weighted by Gasteiger charge is 1.84. The minimum atomic E-state index is -0.211. The molecule has 0 saturated heterocycles. The fourth-order valence-electron chi connectivity index (χ4n) is 0.836. The number of carbonyl (C=O) groups is 1. The minimum absolute atomic E-state index is 0.0894. The fourth-order valence-corrected chi connectivity index (χ4v) is 0.836. The van der Waals surface area contributed by atoms with E-state index in [1.807, 2.05) is 20.8 Å². The zero-order chi connectivity index (χ0) is 19.5. The van der Waals surface area contributed by atoms with Crippen LogP contribution in [0.2, 0.25) is 0 Å². The molecule has 24 heavy (non-hydrogen) atoms. The lowest BCUT2D eigenvalue weighted by Crippen LogP contribution is -2.06. The van der Waals surface area contributed by atoms with Crippen molar-refractivity contribution in [1.82, 2.24) is 0 Å². The Hall–Kier alpha value is -0.770. The third-order valence-corrected chi connectivity index (χ3v) is 1.67. The second-order valence-electron chi connectivity index (χ2n) is 3.69. The van der Waals surface area contributed by atoms with Crippen LogP contribution >= 0.6 is 0 Å². The molecule has 8 nitrogen and oxygen atoms in total. The van der Waals surface area contributed by atoms with E-state index in [4.69, 9.17) is 29.5 Å². The molecule has 0 heterocycles. The first-order valence-corrected chi connectivity index (χ1v) is 8.21. The maximum absolute atomic E-state index is 9.82. The molecule has 0 aromatic rings. The highest BCUT2D eigenvalue weighted by atomic mass is 16.5. The molecule has 0 aliphatic heterocycles. The second kappa shape index (κ2) is 38.0. The molecule has 0 rings (SSSR count). The molecule has 0 amide bonds. The van der Waals surface area contributed by atoms with E-state index in [2.05, 4.69) is 4.74 Å². The third kappa shape index (κ3) is 68.9. The predicted molar refractivity (Wildman–Crippen MR) is 93.0 cm³/mol. The van der Waals surface area contributed by atoms with Crippen molar-refractivity contribution in [1.29, 1.82) is 0 Å². The molecule has 0 saturated carbocycles. The van der Waals surface area contributed by atoms with E-state index in [0.29, 0.717) is 26.4 Å². The molecule has 3 N–H and O–H groups in total. The summed E-state index contributed by atoms with van der Waals surface area (Å²) in [5.41, 5.74) is 0. The summed E-state index contributed by atoms with van der Waals surface area (Å²) in [6, 6.07) is 0. The van der Waals surface area contributed by atoms with Gasteiger partial charge in [-0.05, 0) is 27.7 Å². The standard InChI is InChI=1S/C6H14O3.C4H8O2.C4H10O.C2H6O2/c1-2-8-5-6-9-4-3-7;1-3-6-4(2)5;1-3-5-4-2;3-1-2-4/h7H,2-6H2,1H3;3H2,1-2H3;3-4H2,1-2H3;3-4H,1-2H2. The molecule has 0 aliphatic rings. The summed E-state index contributed by atoms with van der Waals surface area (Å²) in [7, 11) is 0. The number of aliphatic hydroxyl groups is 3. The fraction of sp³-hybridized carbons (Fsp3) is 0.938. The average Bonchev–Trinajstić information content (AvgIpc) is 2.57. The first-order valence-electron chi connectivity index (χ1n) is 8.21. The van der Waals surface area contributed by atoms with Gasteiger partial charge in [-0.25, -0.2) is 0 Å². The number of ether oxygens (including phenoxy) is 4. The molecule has 0 aromatic carbocycles. The van der Waals surface area contributed by atoms with Gasteiger partial charge in [0, 0.05) is 26.7 Å². The van der Waals surface area contributed by atoms with Gasteiger partial charge in [0.05, 0.1) is 46.2 Å². The first kappa shape index (κ1) is 31.0. The molecule has 8 heteroatoms. The number of esters is 1. The molecule has 0 spiro atoms. The Balaban J connectivity index is -0.000000117. The molecule has 0 atom stereocenters. The molecule has 0 unspecified atom stereocenters. The van der Waals surface area contributed by atoms with Crippen LogP contribution in [0.1, 0.15) is 34.6 Å². The maximum Gasteiger partial charge on any atom is 0.302 e. The van der Waals surface area contributed by atoms with Crippen molar-refractivity contribution in [3.05, 3.63) is 0 Å². The van der Waals surface area contributed by atoms with Gasteiger partial charge in [0.1, 0.15) is 0 Å². The van der Waals surface area contributed by atoms with Gasteiger partial charge in [0.15, 0.2) is 0 Å². The minimum Gasteiger partial charge on any atom is -0.466 e. The normalized spacial score (nSPS) is 8.67. The van der Waals surface area contributed by atoms with E-state index < -0.39 is 0 Å². The first-order chi connectivity index (χ1) is 11.5. The molecule has 0 fully saturated rings. The van der Waals surface area contributed by atoms with Crippen LogP contribution in [0, 0.1) is 0 Å². The zero-order valence-electron chi connectivity index (χ0n) is 16.0. The molecule has 0 aromatic heterocycles. The summed E-state index contributed by atoms with van der Waals surface area (Å²) in [4.78, 5) is 9.82. The summed E-state index contributed by atoms with van der Waals surface area (Å²) in [5.74, 6) is -0.211. The number of rotatable bonds is 10. The van der Waals surface area contributed by atoms with Gasteiger partial charge in [-0.15, -0.1) is 0 Å². The van der Waals surface area contributed by atoms with Crippen molar-refractivity contribution < 1.29 is 39.1 Å². The smallest absolute Gasteiger partial charge is 0.302 e. The number of carbonyl (C=O) groups excluding carboxylic acids is 1. The van der Waals surface area contributed by atoms with Crippen LogP contribution in [0.5, 0.6) is 0 Å². The third-order valence-electron chi connectivity index (χ3n) is 1.67. The summed E-state index contributed by atoms with van der Waals surface area (Å²) < 4.78 is 19.1. The SMILES string of the molecule is CCOC(C)=O.CCOCC.CCOCCOCCO.OCCO. The van der Waals surface area contributed by atoms with Crippen molar-refractivity contribution >= 4 is 5.97 Å². The van der Waals surface area contributed by atoms with E-state index in [0.717, 1.165) is 19.8 Å². The van der Waals surface area contributed by atoms with Crippen molar-refractivity contribution in [3.63, 3.8) is 0 Å². The number of aliphatic hydroxyl groups excluding tert-OH is 3. The molecular weight excluding hydrogens is 320 g/mol. The van der Waals surface area contributed by atoms with Gasteiger partial charge >= 0.3 is 5.97 Å². The van der Waals surface area contributed by atoms with E-state index in [1.165, 1.54) is 6.92 Å². The number of hydrogen-bond donors (Lipinski definition) is 3. The van der Waals surface area contributed by atoms with Gasteiger partial charge in [-0.2, -0.15) is 0 Å². The monoisotopic (exact) mass is 358 g/mol. The highest BCUT2D eigenvalue weighted by Crippen LogP contribution is 1.76. The summed E-state index contributed by atoms with van der Waals surface area (Å²) in [6.45, 7) is 13.4. The van der Waals surface area contributed by atoms with Crippen LogP contribution in [0.15, 0.2) is 0 Å². The lowest BCUT2D eigenvalue weighted by Gasteiger charge is -2.00. The lowest BCUT2D eigenvalue weighted by atomic mass is 10.7. The Morgan fingerprint density at radius 3 is 1.33 bits per heavy atom. The quantitative estimate of drug-likeness (QED) is 0.384. The van der Waals surface area contributed by atoms with E-state index >= 15 is 0 Å². The molecule has 0 bridgehead atoms. The van der Waals surface area contributed by atoms with Crippen molar-refractivity contribution in [2.45, 2.75) is 34.6 Å². The number of hydrogen-bond acceptors (Lipinski definition) is 8. The molecular formula is C16H38O8. The van der Waals surface area contributed by atoms with Crippen molar-refractivity contribution in [2.75, 3.05) is 66.1 Å². The Labute approximate surface area is 146 Å². The highest BCUT2D eigenvalue weighted by molar-refractivity contribution is 5.65. The predicted octanol–water partition coefficient (Wildman–Crippen LogP) is 0.615. The van der Waals surface area contributed by atoms with Crippen molar-refractivity contribution in [3.8, 4) is 0 Å². The molecule has 150 valence electrons. The Morgan fingerprint density at radius 2 is 1.12 bits per heavy atom. The van der Waals surface area contributed by atoms with E-state index in [1.54, 1.807) is 6.92 Å². The van der Waals surface area contributed by atoms with Crippen LogP contribution in [-0.4, -0.2) is 87.4 Å². The zero-order valence-corrected chi connectivity index (χ0v) is 16.0. The van der Waals surface area contributed by atoms with Crippen LogP contribution < -0.4 is 0 Å². The topological polar surface area (TPSA) is 115 Å². The van der Waals surface area contributed by atoms with Crippen LogP contribution in [0.4, 0.5) is 0 Å². The molecule has 0 aliphatic carbocycles. The average molecular weight is 358 g/mol. The summed E-state index contributed by atoms with van der Waals surface area (Å²) in [5, 5.41) is 23.5. The summed E-state index contributed by atoms with van der Waals surface area (Å²) >= 11 is 0. The Bertz CT molecular complexity index is 181. The van der Waals surface area contributed by atoms with Gasteiger partial charge in [0.2, 0.25) is 0 Å². The Kier molecular flexibility index (Phi) is 49.2. The van der Waals surface area contributed by atoms with Gasteiger partial charge in [0.25, 0.3) is 0 Å². The van der Waals surface area contributed by atoms with Crippen LogP contribution in [-0.2, 0) is 23.7 Å². The molecule has 0 radical (unpaired) electrons. The van der Waals surface area contributed by atoms with E-state index in [-0.39, 0.29) is 25.8 Å². The van der Waals surface area contributed by atoms with E-state index in [9.17, 15) is 4.79 Å². The summed E-state index contributed by atoms with van der Waals surface area (Å²) in [6.07, 6.45) is 0.